The fraction of sp³-hybridized carbons (Fsp3) is 0.318. The number of nitrogens with one attached hydrogen (secondary N) is 1. The van der Waals surface area contributed by atoms with E-state index in [0.717, 1.165) is 18.4 Å². The molecule has 0 saturated carbocycles. The van der Waals surface area contributed by atoms with E-state index in [1.165, 1.54) is 16.2 Å². The standard InChI is InChI=1S/C22H25N3O2/c1-4-7-16-9-11-17(12-10-16)20(15(2)3)24-21(26)18-14-23-19-8-5-6-13-25(19)22(18)27/h5-6,8-15,20H,4,7H2,1-3H3,(H,24,26). The summed E-state index contributed by atoms with van der Waals surface area (Å²) in [5.74, 6) is -0.218. The van der Waals surface area contributed by atoms with Gasteiger partial charge in [0.1, 0.15) is 11.2 Å². The number of rotatable bonds is 6. The molecule has 0 fully saturated rings. The minimum absolute atomic E-state index is 0.0481. The Bertz CT molecular complexity index is 990. The zero-order valence-corrected chi connectivity index (χ0v) is 16.0. The monoisotopic (exact) mass is 363 g/mol. The molecular weight excluding hydrogens is 338 g/mol. The van der Waals surface area contributed by atoms with Crippen LogP contribution in [0.5, 0.6) is 0 Å². The molecule has 0 radical (unpaired) electrons. The van der Waals surface area contributed by atoms with Crippen molar-refractivity contribution in [2.45, 2.75) is 39.7 Å². The summed E-state index contributed by atoms with van der Waals surface area (Å²) in [5.41, 5.74) is 2.52. The average Bonchev–Trinajstić information content (AvgIpc) is 2.67. The molecule has 2 heterocycles. The van der Waals surface area contributed by atoms with Crippen LogP contribution in [0, 0.1) is 5.92 Å². The summed E-state index contributed by atoms with van der Waals surface area (Å²) in [5, 5.41) is 3.01. The predicted molar refractivity (Wildman–Crippen MR) is 107 cm³/mol. The van der Waals surface area contributed by atoms with Gasteiger partial charge in [0.05, 0.1) is 6.04 Å². The number of aromatic nitrogens is 2. The number of benzene rings is 1. The lowest BCUT2D eigenvalue weighted by atomic mass is 9.94. The minimum Gasteiger partial charge on any atom is -0.345 e. The number of carbonyl (C=O) groups excluding carboxylic acids is 1. The molecule has 1 unspecified atom stereocenters. The first kappa shape index (κ1) is 18.8. The third-order valence-corrected chi connectivity index (χ3v) is 4.69. The molecule has 27 heavy (non-hydrogen) atoms. The molecule has 0 spiro atoms. The van der Waals surface area contributed by atoms with Crippen molar-refractivity contribution in [1.82, 2.24) is 14.7 Å². The van der Waals surface area contributed by atoms with E-state index in [1.54, 1.807) is 24.4 Å². The number of hydrogen-bond donors (Lipinski definition) is 1. The first-order chi connectivity index (χ1) is 13.0. The number of hydrogen-bond acceptors (Lipinski definition) is 3. The van der Waals surface area contributed by atoms with Crippen molar-refractivity contribution >= 4 is 11.6 Å². The van der Waals surface area contributed by atoms with Gasteiger partial charge in [-0.15, -0.1) is 0 Å². The normalized spacial score (nSPS) is 12.3. The molecule has 1 N–H and O–H groups in total. The van der Waals surface area contributed by atoms with E-state index in [9.17, 15) is 9.59 Å². The van der Waals surface area contributed by atoms with Crippen molar-refractivity contribution in [3.05, 3.63) is 81.9 Å². The fourth-order valence-corrected chi connectivity index (χ4v) is 3.22. The Morgan fingerprint density at radius 2 is 1.89 bits per heavy atom. The van der Waals surface area contributed by atoms with Crippen molar-refractivity contribution in [2.75, 3.05) is 0 Å². The number of aryl methyl sites for hydroxylation is 1. The van der Waals surface area contributed by atoms with E-state index >= 15 is 0 Å². The average molecular weight is 363 g/mol. The van der Waals surface area contributed by atoms with Crippen LogP contribution in [-0.2, 0) is 6.42 Å². The second kappa shape index (κ2) is 8.16. The smallest absolute Gasteiger partial charge is 0.270 e. The third-order valence-electron chi connectivity index (χ3n) is 4.69. The van der Waals surface area contributed by atoms with Crippen LogP contribution in [0.3, 0.4) is 0 Å². The molecule has 0 bridgehead atoms. The Kier molecular flexibility index (Phi) is 5.69. The third kappa shape index (κ3) is 4.08. The summed E-state index contributed by atoms with van der Waals surface area (Å²) >= 11 is 0. The van der Waals surface area contributed by atoms with Crippen LogP contribution in [0.4, 0.5) is 0 Å². The second-order valence-electron chi connectivity index (χ2n) is 7.09. The Morgan fingerprint density at radius 3 is 2.56 bits per heavy atom. The van der Waals surface area contributed by atoms with E-state index in [4.69, 9.17) is 0 Å². The van der Waals surface area contributed by atoms with Gasteiger partial charge in [-0.25, -0.2) is 4.98 Å². The van der Waals surface area contributed by atoms with Crippen molar-refractivity contribution in [3.8, 4) is 0 Å². The van der Waals surface area contributed by atoms with Gasteiger partial charge in [-0.1, -0.05) is 57.5 Å². The molecule has 5 nitrogen and oxygen atoms in total. The SMILES string of the molecule is CCCc1ccc(C(NC(=O)c2cnc3ccccn3c2=O)C(C)C)cc1. The van der Waals surface area contributed by atoms with Gasteiger partial charge < -0.3 is 5.32 Å². The van der Waals surface area contributed by atoms with Gasteiger partial charge in [-0.2, -0.15) is 0 Å². The number of pyridine rings is 1. The molecule has 5 heteroatoms. The Hall–Kier alpha value is -2.95. The summed E-state index contributed by atoms with van der Waals surface area (Å²) in [7, 11) is 0. The van der Waals surface area contributed by atoms with E-state index in [2.05, 4.69) is 55.3 Å². The number of fused-ring (bicyclic) bond motifs is 1. The van der Waals surface area contributed by atoms with Gasteiger partial charge in [0.25, 0.3) is 11.5 Å². The first-order valence-corrected chi connectivity index (χ1v) is 9.37. The summed E-state index contributed by atoms with van der Waals surface area (Å²) in [4.78, 5) is 29.7. The molecule has 3 aromatic rings. The quantitative estimate of drug-likeness (QED) is 0.725. The van der Waals surface area contributed by atoms with Gasteiger partial charge in [0.2, 0.25) is 0 Å². The molecule has 0 aliphatic heterocycles. The van der Waals surface area contributed by atoms with Gasteiger partial charge in [0.15, 0.2) is 0 Å². The van der Waals surface area contributed by atoms with E-state index in [0.29, 0.717) is 5.65 Å². The fourth-order valence-electron chi connectivity index (χ4n) is 3.22. The van der Waals surface area contributed by atoms with Crippen molar-refractivity contribution in [2.24, 2.45) is 5.92 Å². The highest BCUT2D eigenvalue weighted by Gasteiger charge is 2.21. The zero-order valence-electron chi connectivity index (χ0n) is 16.0. The van der Waals surface area contributed by atoms with Crippen LogP contribution in [0.1, 0.15) is 54.7 Å². The van der Waals surface area contributed by atoms with Crippen LogP contribution in [0.2, 0.25) is 0 Å². The number of nitrogens with zero attached hydrogens (tertiary/aromatic N) is 2. The van der Waals surface area contributed by atoms with Crippen LogP contribution in [-0.4, -0.2) is 15.3 Å². The zero-order chi connectivity index (χ0) is 19.4. The lowest BCUT2D eigenvalue weighted by molar-refractivity contribution is 0.0923. The lowest BCUT2D eigenvalue weighted by Crippen LogP contribution is -2.36. The van der Waals surface area contributed by atoms with Crippen molar-refractivity contribution in [3.63, 3.8) is 0 Å². The maximum absolute atomic E-state index is 12.8. The van der Waals surface area contributed by atoms with E-state index in [1.807, 2.05) is 0 Å². The van der Waals surface area contributed by atoms with Crippen LogP contribution in [0.15, 0.2) is 59.7 Å². The van der Waals surface area contributed by atoms with Gasteiger partial charge >= 0.3 is 0 Å². The van der Waals surface area contributed by atoms with Crippen LogP contribution in [0.25, 0.3) is 5.65 Å². The summed E-state index contributed by atoms with van der Waals surface area (Å²) in [6.45, 7) is 6.26. The van der Waals surface area contributed by atoms with Gasteiger partial charge in [-0.05, 0) is 35.6 Å². The summed E-state index contributed by atoms with van der Waals surface area (Å²) in [6.07, 6.45) is 5.11. The topological polar surface area (TPSA) is 63.5 Å². The maximum Gasteiger partial charge on any atom is 0.270 e. The summed E-state index contributed by atoms with van der Waals surface area (Å²) < 4.78 is 1.39. The van der Waals surface area contributed by atoms with E-state index < -0.39 is 5.91 Å². The molecule has 3 rings (SSSR count). The summed E-state index contributed by atoms with van der Waals surface area (Å²) in [6, 6.07) is 13.4. The van der Waals surface area contributed by atoms with E-state index in [-0.39, 0.29) is 23.1 Å². The Balaban J connectivity index is 1.87. The van der Waals surface area contributed by atoms with Crippen molar-refractivity contribution in [1.29, 1.82) is 0 Å². The van der Waals surface area contributed by atoms with Crippen molar-refractivity contribution < 1.29 is 4.79 Å². The highest BCUT2D eigenvalue weighted by molar-refractivity contribution is 5.94. The first-order valence-electron chi connectivity index (χ1n) is 9.37. The maximum atomic E-state index is 12.8. The largest absolute Gasteiger partial charge is 0.345 e. The van der Waals surface area contributed by atoms with Crippen LogP contribution >= 0.6 is 0 Å². The minimum atomic E-state index is -0.401. The van der Waals surface area contributed by atoms with Gasteiger partial charge in [-0.3, -0.25) is 14.0 Å². The number of amides is 1. The predicted octanol–water partition coefficient (Wildman–Crippen LogP) is 3.77. The highest BCUT2D eigenvalue weighted by atomic mass is 16.2. The Labute approximate surface area is 159 Å². The van der Waals surface area contributed by atoms with Crippen LogP contribution < -0.4 is 10.9 Å². The second-order valence-corrected chi connectivity index (χ2v) is 7.09. The molecule has 0 aliphatic rings. The Morgan fingerprint density at radius 1 is 1.15 bits per heavy atom. The molecule has 1 amide bonds. The van der Waals surface area contributed by atoms with Gasteiger partial charge in [0, 0.05) is 12.4 Å². The molecule has 1 atom stereocenters. The molecule has 140 valence electrons. The number of carbonyl (C=O) groups is 1. The lowest BCUT2D eigenvalue weighted by Gasteiger charge is -2.23. The molecule has 2 aromatic heterocycles. The highest BCUT2D eigenvalue weighted by Crippen LogP contribution is 2.22. The molecule has 1 aromatic carbocycles. The molecule has 0 aliphatic carbocycles. The molecular formula is C22H25N3O2. The molecule has 0 saturated heterocycles.